The zero-order valence-corrected chi connectivity index (χ0v) is 13.2. The van der Waals surface area contributed by atoms with Crippen LogP contribution in [0.5, 0.6) is 0 Å². The first kappa shape index (κ1) is 14.7. The normalized spacial score (nSPS) is 17.1. The van der Waals surface area contributed by atoms with E-state index in [0.717, 1.165) is 10.0 Å². The molecule has 0 spiro atoms. The molecule has 1 atom stereocenters. The Balaban J connectivity index is 1.96. The van der Waals surface area contributed by atoms with E-state index in [4.69, 9.17) is 4.74 Å². The number of ether oxygens (including phenoxy) is 1. The van der Waals surface area contributed by atoms with Gasteiger partial charge in [0.25, 0.3) is 0 Å². The van der Waals surface area contributed by atoms with Crippen LogP contribution in [0.4, 0.5) is 4.39 Å². The van der Waals surface area contributed by atoms with E-state index in [-0.39, 0.29) is 17.6 Å². The van der Waals surface area contributed by atoms with Gasteiger partial charge in [-0.25, -0.2) is 4.39 Å². The van der Waals surface area contributed by atoms with Gasteiger partial charge < -0.3 is 4.74 Å². The van der Waals surface area contributed by atoms with Gasteiger partial charge in [-0.05, 0) is 30.3 Å². The number of amides is 1. The van der Waals surface area contributed by atoms with Crippen LogP contribution in [0.15, 0.2) is 58.1 Å². The van der Waals surface area contributed by atoms with E-state index >= 15 is 0 Å². The minimum atomic E-state index is -0.645. The molecule has 1 amide bonds. The average molecular weight is 363 g/mol. The first-order valence-corrected chi connectivity index (χ1v) is 7.41. The van der Waals surface area contributed by atoms with Crippen molar-refractivity contribution in [1.29, 1.82) is 0 Å². The molecule has 0 saturated heterocycles. The smallest absolute Gasteiger partial charge is 0.243 e. The van der Waals surface area contributed by atoms with Crippen LogP contribution < -0.4 is 0 Å². The molecule has 112 valence electrons. The van der Waals surface area contributed by atoms with Crippen LogP contribution in [0, 0.1) is 5.82 Å². The monoisotopic (exact) mass is 362 g/mol. The van der Waals surface area contributed by atoms with Crippen molar-refractivity contribution in [3.05, 3.63) is 69.9 Å². The van der Waals surface area contributed by atoms with Gasteiger partial charge in [0.15, 0.2) is 0 Å². The highest BCUT2D eigenvalue weighted by atomic mass is 79.9. The van der Waals surface area contributed by atoms with Gasteiger partial charge in [0.1, 0.15) is 5.82 Å². The van der Waals surface area contributed by atoms with Crippen LogP contribution in [-0.2, 0) is 9.53 Å². The molecule has 0 bridgehead atoms. The third-order valence-electron chi connectivity index (χ3n) is 3.23. The summed E-state index contributed by atoms with van der Waals surface area (Å²) in [5.41, 5.74) is 1.40. The molecule has 22 heavy (non-hydrogen) atoms. The average Bonchev–Trinajstić information content (AvgIpc) is 2.93. The SMILES string of the molecule is CC(=O)N1N=C(c2ccc(F)cc2)OC1c1ccccc1Br. The maximum atomic E-state index is 13.0. The summed E-state index contributed by atoms with van der Waals surface area (Å²) in [4.78, 5) is 11.8. The fourth-order valence-electron chi connectivity index (χ4n) is 2.15. The van der Waals surface area contributed by atoms with E-state index in [1.165, 1.54) is 24.1 Å². The highest BCUT2D eigenvalue weighted by Gasteiger charge is 2.34. The maximum Gasteiger partial charge on any atom is 0.243 e. The summed E-state index contributed by atoms with van der Waals surface area (Å²) in [7, 11) is 0. The van der Waals surface area contributed by atoms with E-state index in [9.17, 15) is 9.18 Å². The second-order valence-electron chi connectivity index (χ2n) is 4.77. The molecule has 0 aliphatic carbocycles. The lowest BCUT2D eigenvalue weighted by molar-refractivity contribution is -0.135. The molecular weight excluding hydrogens is 351 g/mol. The van der Waals surface area contributed by atoms with E-state index in [0.29, 0.717) is 5.56 Å². The van der Waals surface area contributed by atoms with E-state index in [1.807, 2.05) is 24.3 Å². The van der Waals surface area contributed by atoms with E-state index in [1.54, 1.807) is 12.1 Å². The maximum absolute atomic E-state index is 13.0. The molecule has 0 fully saturated rings. The first-order chi connectivity index (χ1) is 10.6. The quantitative estimate of drug-likeness (QED) is 0.814. The minimum Gasteiger partial charge on any atom is -0.446 e. The largest absolute Gasteiger partial charge is 0.446 e. The lowest BCUT2D eigenvalue weighted by Gasteiger charge is -2.20. The van der Waals surface area contributed by atoms with Gasteiger partial charge in [-0.15, -0.1) is 5.10 Å². The van der Waals surface area contributed by atoms with Crippen molar-refractivity contribution in [2.24, 2.45) is 5.10 Å². The molecule has 0 aromatic heterocycles. The Morgan fingerprint density at radius 2 is 1.91 bits per heavy atom. The molecule has 1 aliphatic heterocycles. The van der Waals surface area contributed by atoms with Crippen LogP contribution in [0.1, 0.15) is 24.3 Å². The zero-order valence-electron chi connectivity index (χ0n) is 11.7. The number of benzene rings is 2. The van der Waals surface area contributed by atoms with Crippen molar-refractivity contribution in [3.8, 4) is 0 Å². The van der Waals surface area contributed by atoms with Gasteiger partial charge in [0, 0.05) is 22.5 Å². The molecular formula is C16H12BrFN2O2. The predicted molar refractivity (Wildman–Crippen MR) is 83.4 cm³/mol. The number of halogens is 2. The van der Waals surface area contributed by atoms with Crippen LogP contribution in [0.2, 0.25) is 0 Å². The first-order valence-electron chi connectivity index (χ1n) is 6.61. The fraction of sp³-hybridized carbons (Fsp3) is 0.125. The molecule has 1 unspecified atom stereocenters. The van der Waals surface area contributed by atoms with Gasteiger partial charge in [0.05, 0.1) is 0 Å². The van der Waals surface area contributed by atoms with Crippen LogP contribution >= 0.6 is 15.9 Å². The number of rotatable bonds is 2. The van der Waals surface area contributed by atoms with Gasteiger partial charge in [0.2, 0.25) is 18.0 Å². The predicted octanol–water partition coefficient (Wildman–Crippen LogP) is 3.83. The van der Waals surface area contributed by atoms with Crippen LogP contribution in [0.25, 0.3) is 0 Å². The van der Waals surface area contributed by atoms with Gasteiger partial charge >= 0.3 is 0 Å². The molecule has 0 radical (unpaired) electrons. The summed E-state index contributed by atoms with van der Waals surface area (Å²) in [6, 6.07) is 13.2. The number of carbonyl (C=O) groups is 1. The van der Waals surface area contributed by atoms with Crippen molar-refractivity contribution in [2.75, 3.05) is 0 Å². The molecule has 4 nitrogen and oxygen atoms in total. The molecule has 1 heterocycles. The zero-order chi connectivity index (χ0) is 15.7. The highest BCUT2D eigenvalue weighted by Crippen LogP contribution is 2.34. The second kappa shape index (κ2) is 5.88. The van der Waals surface area contributed by atoms with Gasteiger partial charge in [-0.2, -0.15) is 5.01 Å². The summed E-state index contributed by atoms with van der Waals surface area (Å²) >= 11 is 3.45. The molecule has 0 N–H and O–H groups in total. The third-order valence-corrected chi connectivity index (χ3v) is 3.95. The van der Waals surface area contributed by atoms with Crippen LogP contribution in [-0.4, -0.2) is 16.8 Å². The van der Waals surface area contributed by atoms with E-state index < -0.39 is 6.23 Å². The third kappa shape index (κ3) is 2.74. The summed E-state index contributed by atoms with van der Waals surface area (Å²) in [6.07, 6.45) is -0.645. The van der Waals surface area contributed by atoms with Gasteiger partial charge in [-0.1, -0.05) is 34.1 Å². The summed E-state index contributed by atoms with van der Waals surface area (Å²) in [6.45, 7) is 1.42. The lowest BCUT2D eigenvalue weighted by atomic mass is 10.2. The number of nitrogens with zero attached hydrogens (tertiary/aromatic N) is 2. The molecule has 3 rings (SSSR count). The Bertz CT molecular complexity index is 746. The lowest BCUT2D eigenvalue weighted by Crippen LogP contribution is -2.25. The summed E-state index contributed by atoms with van der Waals surface area (Å²) in [5, 5.41) is 5.50. The topological polar surface area (TPSA) is 41.9 Å². The Morgan fingerprint density at radius 1 is 1.23 bits per heavy atom. The second-order valence-corrected chi connectivity index (χ2v) is 5.62. The van der Waals surface area contributed by atoms with Gasteiger partial charge in [-0.3, -0.25) is 4.79 Å². The standard InChI is InChI=1S/C16H12BrFN2O2/c1-10(21)20-16(13-4-2-3-5-14(13)17)22-15(19-20)11-6-8-12(18)9-7-11/h2-9,16H,1H3. The van der Waals surface area contributed by atoms with Crippen molar-refractivity contribution < 1.29 is 13.9 Å². The molecule has 2 aromatic rings. The Kier molecular flexibility index (Phi) is 3.94. The molecule has 6 heteroatoms. The number of hydrogen-bond acceptors (Lipinski definition) is 3. The summed E-state index contributed by atoms with van der Waals surface area (Å²) < 4.78 is 19.7. The fourth-order valence-corrected chi connectivity index (χ4v) is 2.63. The molecule has 2 aromatic carbocycles. The van der Waals surface area contributed by atoms with E-state index in [2.05, 4.69) is 21.0 Å². The Hall–Kier alpha value is -2.21. The van der Waals surface area contributed by atoms with Crippen molar-refractivity contribution >= 4 is 27.7 Å². The molecule has 1 aliphatic rings. The summed E-state index contributed by atoms with van der Waals surface area (Å²) in [5.74, 6) is -0.290. The molecule has 0 saturated carbocycles. The Labute approximate surface area is 135 Å². The van der Waals surface area contributed by atoms with Crippen molar-refractivity contribution in [1.82, 2.24) is 5.01 Å². The van der Waals surface area contributed by atoms with Crippen molar-refractivity contribution in [2.45, 2.75) is 13.2 Å². The number of hydrogen-bond donors (Lipinski definition) is 0. The number of carbonyl (C=O) groups excluding carboxylic acids is 1. The Morgan fingerprint density at radius 3 is 2.55 bits per heavy atom. The highest BCUT2D eigenvalue weighted by molar-refractivity contribution is 9.10. The van der Waals surface area contributed by atoms with Crippen LogP contribution in [0.3, 0.4) is 0 Å². The number of hydrazone groups is 1. The van der Waals surface area contributed by atoms with Crippen molar-refractivity contribution in [3.63, 3.8) is 0 Å². The minimum absolute atomic E-state index is 0.238.